The summed E-state index contributed by atoms with van der Waals surface area (Å²) in [6.45, 7) is 0. The maximum Gasteiger partial charge on any atom is 0.265 e. The van der Waals surface area contributed by atoms with Gasteiger partial charge >= 0.3 is 0 Å². The van der Waals surface area contributed by atoms with Crippen LogP contribution in [-0.2, 0) is 10.0 Å². The molecule has 6 nitrogen and oxygen atoms in total. The molecule has 0 saturated heterocycles. The van der Waals surface area contributed by atoms with E-state index in [9.17, 15) is 13.2 Å². The minimum absolute atomic E-state index is 0.0936. The lowest BCUT2D eigenvalue weighted by atomic mass is 10.3. The summed E-state index contributed by atoms with van der Waals surface area (Å²) in [6.07, 6.45) is 0. The maximum absolute atomic E-state index is 12.8. The molecule has 3 aromatic rings. The zero-order valence-corrected chi connectivity index (χ0v) is 16.5. The van der Waals surface area contributed by atoms with Crippen LogP contribution in [0.4, 0.5) is 11.4 Å². The lowest BCUT2D eigenvalue weighted by molar-refractivity contribution is 0.103. The zero-order valence-electron chi connectivity index (χ0n) is 14.1. The van der Waals surface area contributed by atoms with Gasteiger partial charge < -0.3 is 10.1 Å². The number of sulfonamides is 1. The standard InChI is InChI=1S/C18H15ClN2O4S2/c1-25-15-9-8-14(20-18(22)16-3-2-10-26-16)11-17(15)27(23,24)21-13-6-4-12(19)5-7-13/h2-11,21H,1H3,(H,20,22). The van der Waals surface area contributed by atoms with Crippen molar-refractivity contribution in [2.45, 2.75) is 4.90 Å². The first-order valence-electron chi connectivity index (χ1n) is 7.70. The third-order valence-corrected chi connectivity index (χ3v) is 6.08. The van der Waals surface area contributed by atoms with Crippen molar-refractivity contribution in [2.24, 2.45) is 0 Å². The monoisotopic (exact) mass is 422 g/mol. The molecular formula is C18H15ClN2O4S2. The van der Waals surface area contributed by atoms with Gasteiger partial charge in [0.1, 0.15) is 10.6 Å². The number of halogens is 1. The Kier molecular flexibility index (Phi) is 5.69. The molecule has 1 aromatic heterocycles. The summed E-state index contributed by atoms with van der Waals surface area (Å²) in [6, 6.07) is 14.1. The van der Waals surface area contributed by atoms with Gasteiger partial charge in [-0.1, -0.05) is 17.7 Å². The Balaban J connectivity index is 1.90. The number of hydrogen-bond donors (Lipinski definition) is 2. The van der Waals surface area contributed by atoms with E-state index in [1.165, 1.54) is 30.6 Å². The molecule has 2 N–H and O–H groups in total. The van der Waals surface area contributed by atoms with E-state index in [1.807, 2.05) is 0 Å². The van der Waals surface area contributed by atoms with E-state index in [4.69, 9.17) is 16.3 Å². The fourth-order valence-electron chi connectivity index (χ4n) is 2.29. The molecule has 1 heterocycles. The molecule has 0 aliphatic rings. The highest BCUT2D eigenvalue weighted by Gasteiger charge is 2.21. The van der Waals surface area contributed by atoms with Crippen molar-refractivity contribution in [3.8, 4) is 5.75 Å². The second-order valence-corrected chi connectivity index (χ2v) is 8.44. The molecule has 0 radical (unpaired) electrons. The van der Waals surface area contributed by atoms with Gasteiger partial charge in [-0.3, -0.25) is 9.52 Å². The third kappa shape index (κ3) is 4.60. The highest BCUT2D eigenvalue weighted by molar-refractivity contribution is 7.92. The molecule has 0 aliphatic carbocycles. The molecule has 2 aromatic carbocycles. The SMILES string of the molecule is COc1ccc(NC(=O)c2cccs2)cc1S(=O)(=O)Nc1ccc(Cl)cc1. The van der Waals surface area contributed by atoms with E-state index in [-0.39, 0.29) is 16.6 Å². The number of carbonyl (C=O) groups is 1. The van der Waals surface area contributed by atoms with Crippen LogP contribution in [0.25, 0.3) is 0 Å². The summed E-state index contributed by atoms with van der Waals surface area (Å²) in [5.74, 6) is -0.158. The van der Waals surface area contributed by atoms with Crippen LogP contribution in [0.15, 0.2) is 64.9 Å². The molecule has 0 atom stereocenters. The second-order valence-electron chi connectivity index (χ2n) is 5.41. The van der Waals surface area contributed by atoms with Crippen LogP contribution in [0.2, 0.25) is 5.02 Å². The molecule has 9 heteroatoms. The number of nitrogens with one attached hydrogen (secondary N) is 2. The maximum atomic E-state index is 12.8. The predicted octanol–water partition coefficient (Wildman–Crippen LogP) is 4.46. The average Bonchev–Trinajstić information content (AvgIpc) is 3.18. The summed E-state index contributed by atoms with van der Waals surface area (Å²) in [4.78, 5) is 12.6. The summed E-state index contributed by atoms with van der Waals surface area (Å²) in [5, 5.41) is 4.97. The number of benzene rings is 2. The molecule has 27 heavy (non-hydrogen) atoms. The summed E-state index contributed by atoms with van der Waals surface area (Å²) in [5.41, 5.74) is 0.695. The normalized spacial score (nSPS) is 11.0. The van der Waals surface area contributed by atoms with E-state index in [0.29, 0.717) is 21.3 Å². The molecule has 0 aliphatic heterocycles. The van der Waals surface area contributed by atoms with Gasteiger partial charge in [0.2, 0.25) is 0 Å². The minimum Gasteiger partial charge on any atom is -0.495 e. The van der Waals surface area contributed by atoms with E-state index in [1.54, 1.807) is 47.8 Å². The van der Waals surface area contributed by atoms with E-state index in [2.05, 4.69) is 10.0 Å². The topological polar surface area (TPSA) is 84.5 Å². The van der Waals surface area contributed by atoms with Gasteiger partial charge in [-0.2, -0.15) is 0 Å². The second kappa shape index (κ2) is 7.99. The van der Waals surface area contributed by atoms with Crippen LogP contribution in [0, 0.1) is 0 Å². The van der Waals surface area contributed by atoms with E-state index in [0.717, 1.165) is 0 Å². The van der Waals surface area contributed by atoms with Crippen LogP contribution in [0.3, 0.4) is 0 Å². The fraction of sp³-hybridized carbons (Fsp3) is 0.0556. The first-order chi connectivity index (χ1) is 12.9. The molecule has 0 fully saturated rings. The number of hydrogen-bond acceptors (Lipinski definition) is 5. The van der Waals surface area contributed by atoms with Crippen molar-refractivity contribution in [1.82, 2.24) is 0 Å². The molecule has 0 saturated carbocycles. The van der Waals surface area contributed by atoms with Gasteiger partial charge in [0.15, 0.2) is 0 Å². The Morgan fingerprint density at radius 2 is 1.78 bits per heavy atom. The predicted molar refractivity (Wildman–Crippen MR) is 108 cm³/mol. The molecule has 0 spiro atoms. The highest BCUT2D eigenvalue weighted by atomic mass is 35.5. The third-order valence-electron chi connectivity index (χ3n) is 3.55. The van der Waals surface area contributed by atoms with Gasteiger partial charge in [-0.25, -0.2) is 8.42 Å². The Bertz CT molecular complexity index is 1050. The fourth-order valence-corrected chi connectivity index (χ4v) is 4.29. The summed E-state index contributed by atoms with van der Waals surface area (Å²) < 4.78 is 33.2. The summed E-state index contributed by atoms with van der Waals surface area (Å²) >= 11 is 7.11. The smallest absolute Gasteiger partial charge is 0.265 e. The molecule has 0 bridgehead atoms. The van der Waals surface area contributed by atoms with Crippen molar-refractivity contribution in [2.75, 3.05) is 17.1 Å². The highest BCUT2D eigenvalue weighted by Crippen LogP contribution is 2.29. The zero-order chi connectivity index (χ0) is 19.4. The number of thiophene rings is 1. The Morgan fingerprint density at radius 3 is 2.41 bits per heavy atom. The van der Waals surface area contributed by atoms with Gasteiger partial charge in [-0.05, 0) is 53.9 Å². The van der Waals surface area contributed by atoms with Crippen LogP contribution >= 0.6 is 22.9 Å². The van der Waals surface area contributed by atoms with Gasteiger partial charge in [-0.15, -0.1) is 11.3 Å². The average molecular weight is 423 g/mol. The minimum atomic E-state index is -3.95. The van der Waals surface area contributed by atoms with Crippen LogP contribution < -0.4 is 14.8 Å². The molecule has 1 amide bonds. The molecular weight excluding hydrogens is 408 g/mol. The molecule has 3 rings (SSSR count). The van der Waals surface area contributed by atoms with Crippen LogP contribution in [0.5, 0.6) is 5.75 Å². The Morgan fingerprint density at radius 1 is 1.07 bits per heavy atom. The number of amides is 1. The van der Waals surface area contributed by atoms with Crippen molar-refractivity contribution in [3.63, 3.8) is 0 Å². The van der Waals surface area contributed by atoms with E-state index >= 15 is 0 Å². The molecule has 140 valence electrons. The number of methoxy groups -OCH3 is 1. The van der Waals surface area contributed by atoms with E-state index < -0.39 is 10.0 Å². The van der Waals surface area contributed by atoms with Gasteiger partial charge in [0.05, 0.1) is 12.0 Å². The van der Waals surface area contributed by atoms with Gasteiger partial charge in [0.25, 0.3) is 15.9 Å². The quantitative estimate of drug-likeness (QED) is 0.614. The number of carbonyl (C=O) groups excluding carboxylic acids is 1. The largest absolute Gasteiger partial charge is 0.495 e. The lowest BCUT2D eigenvalue weighted by Crippen LogP contribution is -2.15. The van der Waals surface area contributed by atoms with Crippen molar-refractivity contribution >= 4 is 50.2 Å². The number of anilines is 2. The van der Waals surface area contributed by atoms with Crippen molar-refractivity contribution in [3.05, 3.63) is 69.9 Å². The number of rotatable bonds is 6. The van der Waals surface area contributed by atoms with Crippen LogP contribution in [-0.4, -0.2) is 21.4 Å². The van der Waals surface area contributed by atoms with Crippen molar-refractivity contribution in [1.29, 1.82) is 0 Å². The first kappa shape index (κ1) is 19.2. The Hall–Kier alpha value is -2.55. The Labute approximate surface area is 165 Å². The number of ether oxygens (including phenoxy) is 1. The summed E-state index contributed by atoms with van der Waals surface area (Å²) in [7, 11) is -2.57. The first-order valence-corrected chi connectivity index (χ1v) is 10.4. The van der Waals surface area contributed by atoms with Gasteiger partial charge in [0, 0.05) is 16.4 Å². The van der Waals surface area contributed by atoms with Crippen molar-refractivity contribution < 1.29 is 17.9 Å². The van der Waals surface area contributed by atoms with Crippen LogP contribution in [0.1, 0.15) is 9.67 Å². The lowest BCUT2D eigenvalue weighted by Gasteiger charge is -2.13. The molecule has 0 unspecified atom stereocenters.